The van der Waals surface area contributed by atoms with E-state index in [1.807, 2.05) is 6.07 Å². The van der Waals surface area contributed by atoms with E-state index in [4.69, 9.17) is 11.0 Å². The molecule has 1 aliphatic heterocycles. The summed E-state index contributed by atoms with van der Waals surface area (Å²) < 4.78 is 25.7. The van der Waals surface area contributed by atoms with Crippen LogP contribution in [0.3, 0.4) is 0 Å². The molecule has 0 aromatic heterocycles. The zero-order valence-electron chi connectivity index (χ0n) is 9.91. The molecule has 2 rings (SSSR count). The molecule has 1 heterocycles. The number of benzene rings is 1. The van der Waals surface area contributed by atoms with E-state index < -0.39 is 10.0 Å². The Bertz CT molecular complexity index is 560. The van der Waals surface area contributed by atoms with Crippen molar-refractivity contribution in [3.8, 4) is 6.07 Å². The summed E-state index contributed by atoms with van der Waals surface area (Å²) in [6.45, 7) is 0.901. The van der Waals surface area contributed by atoms with Crippen LogP contribution in [0.25, 0.3) is 0 Å². The first-order valence-electron chi connectivity index (χ1n) is 5.74. The minimum Gasteiger partial charge on any atom is -0.326 e. The van der Waals surface area contributed by atoms with Gasteiger partial charge in [-0.15, -0.1) is 0 Å². The Kier molecular flexibility index (Phi) is 3.66. The Labute approximate surface area is 107 Å². The summed E-state index contributed by atoms with van der Waals surface area (Å²) in [6.07, 6.45) is 0.715. The highest BCUT2D eigenvalue weighted by Gasteiger charge is 2.29. The van der Waals surface area contributed by atoms with Gasteiger partial charge in [0.1, 0.15) is 0 Å². The second-order valence-corrected chi connectivity index (χ2v) is 6.44. The summed E-state index contributed by atoms with van der Waals surface area (Å²) >= 11 is 0. The zero-order chi connectivity index (χ0) is 13.2. The first-order chi connectivity index (χ1) is 8.51. The van der Waals surface area contributed by atoms with Gasteiger partial charge in [0.15, 0.2) is 0 Å². The summed E-state index contributed by atoms with van der Waals surface area (Å²) in [7, 11) is -3.30. The lowest BCUT2D eigenvalue weighted by molar-refractivity contribution is 0.471. The molecule has 1 aromatic carbocycles. The average Bonchev–Trinajstić information content (AvgIpc) is 2.77. The maximum absolute atomic E-state index is 12.1. The van der Waals surface area contributed by atoms with Crippen molar-refractivity contribution in [2.75, 3.05) is 13.1 Å². The van der Waals surface area contributed by atoms with E-state index in [1.54, 1.807) is 24.3 Å². The summed E-state index contributed by atoms with van der Waals surface area (Å²) in [5, 5.41) is 8.67. The lowest BCUT2D eigenvalue weighted by atomic mass is 10.2. The highest BCUT2D eigenvalue weighted by atomic mass is 32.2. The van der Waals surface area contributed by atoms with Gasteiger partial charge in [-0.2, -0.15) is 5.26 Å². The molecule has 0 amide bonds. The normalized spacial score (nSPS) is 20.8. The number of nitriles is 1. The van der Waals surface area contributed by atoms with E-state index in [0.717, 1.165) is 0 Å². The van der Waals surface area contributed by atoms with Crippen LogP contribution in [-0.2, 0) is 15.8 Å². The fraction of sp³-hybridized carbons (Fsp3) is 0.417. The molecule has 0 spiro atoms. The maximum Gasteiger partial charge on any atom is 0.218 e. The smallest absolute Gasteiger partial charge is 0.218 e. The first kappa shape index (κ1) is 13.0. The molecular formula is C12H15N3O2S. The van der Waals surface area contributed by atoms with Gasteiger partial charge in [0.05, 0.1) is 17.4 Å². The van der Waals surface area contributed by atoms with Crippen LogP contribution in [0.5, 0.6) is 0 Å². The van der Waals surface area contributed by atoms with Gasteiger partial charge < -0.3 is 5.73 Å². The van der Waals surface area contributed by atoms with Crippen molar-refractivity contribution in [1.29, 1.82) is 5.26 Å². The molecule has 0 aliphatic carbocycles. The van der Waals surface area contributed by atoms with E-state index in [0.29, 0.717) is 30.6 Å². The number of nitrogens with two attached hydrogens (primary N) is 1. The SMILES string of the molecule is N#Cc1ccc(CS(=O)(=O)N2CC[C@H](N)C2)cc1. The highest BCUT2D eigenvalue weighted by Crippen LogP contribution is 2.17. The van der Waals surface area contributed by atoms with Gasteiger partial charge in [-0.1, -0.05) is 12.1 Å². The second-order valence-electron chi connectivity index (χ2n) is 4.47. The molecule has 18 heavy (non-hydrogen) atoms. The van der Waals surface area contributed by atoms with Crippen LogP contribution in [0.2, 0.25) is 0 Å². The van der Waals surface area contributed by atoms with Gasteiger partial charge in [-0.3, -0.25) is 0 Å². The standard InChI is InChI=1S/C12H15N3O2S/c13-7-10-1-3-11(4-2-10)9-18(16,17)15-6-5-12(14)8-15/h1-4,12H,5-6,8-9,14H2/t12-/m0/s1. The Morgan fingerprint density at radius 1 is 1.39 bits per heavy atom. The van der Waals surface area contributed by atoms with Crippen molar-refractivity contribution in [3.05, 3.63) is 35.4 Å². The number of hydrogen-bond donors (Lipinski definition) is 1. The predicted octanol–water partition coefficient (Wildman–Crippen LogP) is 0.421. The lowest BCUT2D eigenvalue weighted by Gasteiger charge is -2.15. The summed E-state index contributed by atoms with van der Waals surface area (Å²) in [5.41, 5.74) is 6.93. The molecule has 1 aromatic rings. The van der Waals surface area contributed by atoms with E-state index in [1.165, 1.54) is 4.31 Å². The van der Waals surface area contributed by atoms with Crippen LogP contribution < -0.4 is 5.73 Å². The van der Waals surface area contributed by atoms with E-state index in [2.05, 4.69) is 0 Å². The number of rotatable bonds is 3. The highest BCUT2D eigenvalue weighted by molar-refractivity contribution is 7.88. The minimum atomic E-state index is -3.30. The molecule has 5 nitrogen and oxygen atoms in total. The van der Waals surface area contributed by atoms with E-state index in [9.17, 15) is 8.42 Å². The summed E-state index contributed by atoms with van der Waals surface area (Å²) in [5.74, 6) is -0.0363. The van der Waals surface area contributed by atoms with Gasteiger partial charge >= 0.3 is 0 Å². The van der Waals surface area contributed by atoms with Gasteiger partial charge in [-0.25, -0.2) is 12.7 Å². The maximum atomic E-state index is 12.1. The van der Waals surface area contributed by atoms with Crippen LogP contribution in [0.4, 0.5) is 0 Å². The van der Waals surface area contributed by atoms with Crippen molar-refractivity contribution >= 4 is 10.0 Å². The Morgan fingerprint density at radius 3 is 2.56 bits per heavy atom. The van der Waals surface area contributed by atoms with Crippen LogP contribution in [0.1, 0.15) is 17.5 Å². The van der Waals surface area contributed by atoms with Crippen molar-refractivity contribution in [2.24, 2.45) is 5.73 Å². The minimum absolute atomic E-state index is 0.0363. The van der Waals surface area contributed by atoms with Gasteiger partial charge in [0, 0.05) is 19.1 Å². The molecule has 6 heteroatoms. The molecule has 2 N–H and O–H groups in total. The largest absolute Gasteiger partial charge is 0.326 e. The van der Waals surface area contributed by atoms with Crippen LogP contribution in [0.15, 0.2) is 24.3 Å². The zero-order valence-corrected chi connectivity index (χ0v) is 10.7. The number of hydrogen-bond acceptors (Lipinski definition) is 4. The molecule has 0 radical (unpaired) electrons. The molecule has 96 valence electrons. The number of nitrogens with zero attached hydrogens (tertiary/aromatic N) is 2. The fourth-order valence-corrected chi connectivity index (χ4v) is 3.58. The molecule has 1 saturated heterocycles. The monoisotopic (exact) mass is 265 g/mol. The third-order valence-electron chi connectivity index (χ3n) is 3.01. The van der Waals surface area contributed by atoms with Gasteiger partial charge in [0.25, 0.3) is 0 Å². The first-order valence-corrected chi connectivity index (χ1v) is 7.34. The summed E-state index contributed by atoms with van der Waals surface area (Å²) in [6, 6.07) is 8.54. The van der Waals surface area contributed by atoms with Crippen LogP contribution in [-0.4, -0.2) is 31.9 Å². The Balaban J connectivity index is 2.10. The average molecular weight is 265 g/mol. The molecule has 1 aliphatic rings. The molecule has 0 unspecified atom stereocenters. The second kappa shape index (κ2) is 5.06. The van der Waals surface area contributed by atoms with Crippen LogP contribution >= 0.6 is 0 Å². The topological polar surface area (TPSA) is 87.2 Å². The summed E-state index contributed by atoms with van der Waals surface area (Å²) in [4.78, 5) is 0. The molecule has 0 saturated carbocycles. The third kappa shape index (κ3) is 2.88. The molecule has 1 atom stereocenters. The van der Waals surface area contributed by atoms with Crippen molar-refractivity contribution in [1.82, 2.24) is 4.31 Å². The van der Waals surface area contributed by atoms with E-state index in [-0.39, 0.29) is 11.8 Å². The third-order valence-corrected chi connectivity index (χ3v) is 4.83. The fourth-order valence-electron chi connectivity index (χ4n) is 1.98. The van der Waals surface area contributed by atoms with Crippen molar-refractivity contribution in [2.45, 2.75) is 18.2 Å². The predicted molar refractivity (Wildman–Crippen MR) is 67.9 cm³/mol. The molecule has 0 bridgehead atoms. The number of sulfonamides is 1. The van der Waals surface area contributed by atoms with Gasteiger partial charge in [-0.05, 0) is 24.1 Å². The van der Waals surface area contributed by atoms with E-state index >= 15 is 0 Å². The van der Waals surface area contributed by atoms with Crippen molar-refractivity contribution in [3.63, 3.8) is 0 Å². The Morgan fingerprint density at radius 2 is 2.06 bits per heavy atom. The van der Waals surface area contributed by atoms with Crippen molar-refractivity contribution < 1.29 is 8.42 Å². The Hall–Kier alpha value is -1.42. The lowest BCUT2D eigenvalue weighted by Crippen LogP contribution is -2.32. The molecular weight excluding hydrogens is 250 g/mol. The van der Waals surface area contributed by atoms with Crippen LogP contribution in [0, 0.1) is 11.3 Å². The van der Waals surface area contributed by atoms with Gasteiger partial charge in [0.2, 0.25) is 10.0 Å². The molecule has 1 fully saturated rings. The quantitative estimate of drug-likeness (QED) is 0.858.